The molecule has 4 heteroatoms. The second-order valence-electron chi connectivity index (χ2n) is 1.43. The van der Waals surface area contributed by atoms with Crippen molar-refractivity contribution in [1.29, 1.82) is 0 Å². The maximum absolute atomic E-state index is 10.4. The van der Waals surface area contributed by atoms with Gasteiger partial charge in [0, 0.05) is 12.3 Å². The Morgan fingerprint density at radius 2 is 2.43 bits per heavy atom. The molecule has 0 aromatic carbocycles. The van der Waals surface area contributed by atoms with Crippen LogP contribution in [-0.4, -0.2) is 16.5 Å². The maximum Gasteiger partial charge on any atom is 0.105 e. The molecule has 0 aromatic heterocycles. The van der Waals surface area contributed by atoms with Gasteiger partial charge in [-0.05, 0) is 6.42 Å². The van der Waals surface area contributed by atoms with E-state index < -0.39 is 11.0 Å². The summed E-state index contributed by atoms with van der Waals surface area (Å²) in [5.74, 6) is 0.785. The van der Waals surface area contributed by atoms with Crippen molar-refractivity contribution in [3.63, 3.8) is 0 Å². The molecule has 1 heterocycles. The normalized spacial score (nSPS) is 32.9. The van der Waals surface area contributed by atoms with Crippen molar-refractivity contribution in [2.45, 2.75) is 6.42 Å². The number of hydrogen-bond acceptors (Lipinski definition) is 2. The molecular formula is C3H8N2OS. The molecule has 1 aliphatic heterocycles. The van der Waals surface area contributed by atoms with E-state index in [1.54, 1.807) is 0 Å². The van der Waals surface area contributed by atoms with Crippen molar-refractivity contribution < 1.29 is 4.21 Å². The predicted octanol–water partition coefficient (Wildman–Crippen LogP) is -0.852. The van der Waals surface area contributed by atoms with Crippen LogP contribution in [0.2, 0.25) is 0 Å². The third-order valence-corrected chi connectivity index (χ3v) is 1.85. The highest BCUT2D eigenvalue weighted by Crippen LogP contribution is 1.84. The van der Waals surface area contributed by atoms with E-state index >= 15 is 0 Å². The van der Waals surface area contributed by atoms with Crippen molar-refractivity contribution in [2.24, 2.45) is 0 Å². The van der Waals surface area contributed by atoms with E-state index in [0.29, 0.717) is 0 Å². The minimum atomic E-state index is -0.801. The Labute approximate surface area is 45.0 Å². The van der Waals surface area contributed by atoms with Gasteiger partial charge in [-0.1, -0.05) is 0 Å². The van der Waals surface area contributed by atoms with Crippen LogP contribution in [0.1, 0.15) is 6.42 Å². The van der Waals surface area contributed by atoms with Gasteiger partial charge in [0.1, 0.15) is 11.0 Å². The summed E-state index contributed by atoms with van der Waals surface area (Å²) < 4.78 is 10.4. The average Bonchev–Trinajstić information content (AvgIpc) is 1.69. The van der Waals surface area contributed by atoms with E-state index in [2.05, 4.69) is 10.3 Å². The Bertz CT molecular complexity index is 77.0. The summed E-state index contributed by atoms with van der Waals surface area (Å²) in [7, 11) is -0.801. The van der Waals surface area contributed by atoms with Crippen LogP contribution >= 0.6 is 0 Å². The van der Waals surface area contributed by atoms with E-state index in [0.717, 1.165) is 18.7 Å². The molecule has 1 rings (SSSR count). The van der Waals surface area contributed by atoms with E-state index in [-0.39, 0.29) is 0 Å². The second-order valence-corrected chi connectivity index (χ2v) is 2.74. The van der Waals surface area contributed by atoms with Gasteiger partial charge in [0.25, 0.3) is 0 Å². The van der Waals surface area contributed by atoms with Crippen LogP contribution in [0.4, 0.5) is 0 Å². The fraction of sp³-hybridized carbons (Fsp3) is 1.00. The highest BCUT2D eigenvalue weighted by molar-refractivity contribution is 7.82. The smallest absolute Gasteiger partial charge is 0.105 e. The van der Waals surface area contributed by atoms with Gasteiger partial charge < -0.3 is 0 Å². The van der Waals surface area contributed by atoms with E-state index in [1.165, 1.54) is 0 Å². The topological polar surface area (TPSA) is 41.1 Å². The maximum atomic E-state index is 10.4. The molecule has 1 unspecified atom stereocenters. The first kappa shape index (κ1) is 5.21. The van der Waals surface area contributed by atoms with Gasteiger partial charge in [0.15, 0.2) is 0 Å². The molecule has 0 radical (unpaired) electrons. The zero-order valence-electron chi connectivity index (χ0n) is 3.94. The summed E-state index contributed by atoms with van der Waals surface area (Å²) in [6, 6.07) is 0. The Kier molecular flexibility index (Phi) is 1.78. The molecule has 0 amide bonds. The molecular weight excluding hydrogens is 112 g/mol. The number of nitrogens with one attached hydrogen (secondary N) is 2. The molecule has 1 fully saturated rings. The van der Waals surface area contributed by atoms with Gasteiger partial charge in [-0.2, -0.15) is 4.83 Å². The summed E-state index contributed by atoms with van der Waals surface area (Å²) in [6.45, 7) is 0.936. The number of rotatable bonds is 0. The molecule has 0 bridgehead atoms. The SMILES string of the molecule is O=S1CCCNN1. The Morgan fingerprint density at radius 3 is 2.71 bits per heavy atom. The second kappa shape index (κ2) is 2.40. The van der Waals surface area contributed by atoms with Crippen molar-refractivity contribution in [1.82, 2.24) is 10.3 Å². The third-order valence-electron chi connectivity index (χ3n) is 0.818. The first-order valence-corrected chi connectivity index (χ1v) is 3.58. The summed E-state index contributed by atoms with van der Waals surface area (Å²) in [5, 5.41) is 0. The highest BCUT2D eigenvalue weighted by atomic mass is 32.2. The van der Waals surface area contributed by atoms with Crippen molar-refractivity contribution in [2.75, 3.05) is 12.3 Å². The fourth-order valence-corrected chi connectivity index (χ4v) is 1.25. The molecule has 1 saturated heterocycles. The first-order chi connectivity index (χ1) is 3.39. The molecule has 1 aliphatic rings. The molecule has 2 N–H and O–H groups in total. The van der Waals surface area contributed by atoms with Crippen LogP contribution in [-0.2, 0) is 11.0 Å². The zero-order chi connectivity index (χ0) is 5.11. The highest BCUT2D eigenvalue weighted by Gasteiger charge is 2.01. The van der Waals surface area contributed by atoms with Crippen LogP contribution in [0.15, 0.2) is 0 Å². The number of hydrazine groups is 1. The van der Waals surface area contributed by atoms with Gasteiger partial charge in [-0.25, -0.2) is 9.63 Å². The van der Waals surface area contributed by atoms with Gasteiger partial charge in [-0.3, -0.25) is 0 Å². The monoisotopic (exact) mass is 120 g/mol. The molecule has 0 aliphatic carbocycles. The lowest BCUT2D eigenvalue weighted by Crippen LogP contribution is -2.40. The largest absolute Gasteiger partial charge is 0.246 e. The minimum Gasteiger partial charge on any atom is -0.246 e. The zero-order valence-corrected chi connectivity index (χ0v) is 4.75. The third kappa shape index (κ3) is 1.54. The van der Waals surface area contributed by atoms with E-state index in [9.17, 15) is 4.21 Å². The summed E-state index contributed by atoms with van der Waals surface area (Å²) >= 11 is 0. The van der Waals surface area contributed by atoms with Crippen molar-refractivity contribution >= 4 is 11.0 Å². The fourth-order valence-electron chi connectivity index (χ4n) is 0.474. The predicted molar refractivity (Wildman–Crippen MR) is 28.8 cm³/mol. The van der Waals surface area contributed by atoms with Gasteiger partial charge >= 0.3 is 0 Å². The minimum absolute atomic E-state index is 0.785. The Hall–Kier alpha value is 0.0700. The van der Waals surface area contributed by atoms with Crippen LogP contribution < -0.4 is 10.3 Å². The molecule has 7 heavy (non-hydrogen) atoms. The summed E-state index contributed by atoms with van der Waals surface area (Å²) in [4.78, 5) is 2.60. The van der Waals surface area contributed by atoms with Crippen molar-refractivity contribution in [3.05, 3.63) is 0 Å². The van der Waals surface area contributed by atoms with Gasteiger partial charge in [0.05, 0.1) is 0 Å². The molecule has 42 valence electrons. The van der Waals surface area contributed by atoms with Crippen LogP contribution in [0.5, 0.6) is 0 Å². The van der Waals surface area contributed by atoms with Gasteiger partial charge in [-0.15, -0.1) is 0 Å². The molecule has 0 aromatic rings. The first-order valence-electron chi connectivity index (χ1n) is 2.26. The molecule has 1 atom stereocenters. The van der Waals surface area contributed by atoms with E-state index in [4.69, 9.17) is 0 Å². The quantitative estimate of drug-likeness (QED) is 0.437. The lowest BCUT2D eigenvalue weighted by Gasteiger charge is -2.10. The van der Waals surface area contributed by atoms with Gasteiger partial charge in [0.2, 0.25) is 0 Å². The lowest BCUT2D eigenvalue weighted by molar-refractivity contribution is 0.594. The average molecular weight is 120 g/mol. The van der Waals surface area contributed by atoms with Crippen molar-refractivity contribution in [3.8, 4) is 0 Å². The van der Waals surface area contributed by atoms with Crippen LogP contribution in [0.25, 0.3) is 0 Å². The van der Waals surface area contributed by atoms with Crippen LogP contribution in [0, 0.1) is 0 Å². The Morgan fingerprint density at radius 1 is 1.57 bits per heavy atom. The lowest BCUT2D eigenvalue weighted by atomic mass is 10.5. The molecule has 0 saturated carbocycles. The van der Waals surface area contributed by atoms with Crippen LogP contribution in [0.3, 0.4) is 0 Å². The van der Waals surface area contributed by atoms with E-state index in [1.807, 2.05) is 0 Å². The number of hydrogen-bond donors (Lipinski definition) is 2. The standard InChI is InChI=1S/C3H8N2OS/c6-7-3-1-2-4-5-7/h4-5H,1-3H2. The summed E-state index contributed by atoms with van der Waals surface area (Å²) in [6.07, 6.45) is 1.01. The summed E-state index contributed by atoms with van der Waals surface area (Å²) in [5.41, 5.74) is 2.78. The molecule has 3 nitrogen and oxygen atoms in total. The Balaban J connectivity index is 2.25. The molecule has 0 spiro atoms.